The molecule has 0 nitrogen and oxygen atoms in total. The van der Waals surface area contributed by atoms with Gasteiger partial charge in [0.05, 0.1) is 0 Å². The smallest absolute Gasteiger partial charge is 0.0431 e. The van der Waals surface area contributed by atoms with Crippen molar-refractivity contribution in [2.75, 3.05) is 0 Å². The second-order valence-electron chi connectivity index (χ2n) is 10.1. The van der Waals surface area contributed by atoms with Crippen molar-refractivity contribution < 1.29 is 0 Å². The van der Waals surface area contributed by atoms with Gasteiger partial charge in [-0.3, -0.25) is 0 Å². The first-order valence-electron chi connectivity index (χ1n) is 11.8. The van der Waals surface area contributed by atoms with E-state index in [1.54, 1.807) is 22.3 Å². The minimum Gasteiger partial charge on any atom is -0.115 e. The number of fused-ring (bicyclic) bond motifs is 10. The Morgan fingerprint density at radius 1 is 0.968 bits per heavy atom. The largest absolute Gasteiger partial charge is 0.115 e. The molecule has 0 bridgehead atoms. The normalized spacial score (nSPS) is 36.7. The summed E-state index contributed by atoms with van der Waals surface area (Å²) >= 11 is 0. The van der Waals surface area contributed by atoms with E-state index in [4.69, 9.17) is 0 Å². The van der Waals surface area contributed by atoms with Gasteiger partial charge in [-0.05, 0) is 64.8 Å². The molecule has 7 aliphatic carbocycles. The number of benzene rings is 1. The van der Waals surface area contributed by atoms with E-state index in [-0.39, 0.29) is 5.41 Å². The van der Waals surface area contributed by atoms with Crippen LogP contribution < -0.4 is 0 Å². The van der Waals surface area contributed by atoms with E-state index in [0.717, 1.165) is 12.8 Å². The van der Waals surface area contributed by atoms with E-state index < -0.39 is 0 Å². The van der Waals surface area contributed by atoms with Crippen molar-refractivity contribution in [1.82, 2.24) is 0 Å². The summed E-state index contributed by atoms with van der Waals surface area (Å²) in [5.74, 6) is 1.94. The molecule has 0 aliphatic heterocycles. The van der Waals surface area contributed by atoms with E-state index in [1.165, 1.54) is 27.9 Å². The summed E-state index contributed by atoms with van der Waals surface area (Å²) < 4.78 is 0. The average molecular weight is 397 g/mol. The third-order valence-electron chi connectivity index (χ3n) is 9.00. The number of rotatable bonds is 0. The lowest BCUT2D eigenvalue weighted by molar-refractivity contribution is 0.330. The molecule has 0 aromatic heterocycles. The van der Waals surface area contributed by atoms with Crippen molar-refractivity contribution >= 4 is 5.57 Å². The SMILES string of the molecule is CC1=CCC2C(=C1)C1=CC=CCC1C21C2=C=CC3=C2c2c(cccc21)C1C=CC=CC31. The number of hydrogen-bond donors (Lipinski definition) is 0. The van der Waals surface area contributed by atoms with Gasteiger partial charge in [0.25, 0.3) is 0 Å². The topological polar surface area (TPSA) is 0 Å². The first kappa shape index (κ1) is 16.6. The maximum Gasteiger partial charge on any atom is 0.0431 e. The van der Waals surface area contributed by atoms with E-state index in [2.05, 4.69) is 91.6 Å². The molecule has 0 heteroatoms. The lowest BCUT2D eigenvalue weighted by Crippen LogP contribution is -2.37. The fourth-order valence-corrected chi connectivity index (χ4v) is 7.98. The molecular formula is C31H24. The van der Waals surface area contributed by atoms with Crippen LogP contribution in [0.4, 0.5) is 0 Å². The summed E-state index contributed by atoms with van der Waals surface area (Å²) in [6.07, 6.45) is 26.0. The third-order valence-corrected chi connectivity index (χ3v) is 9.00. The summed E-state index contributed by atoms with van der Waals surface area (Å²) in [6.45, 7) is 2.26. The van der Waals surface area contributed by atoms with E-state index >= 15 is 0 Å². The lowest BCUT2D eigenvalue weighted by Gasteiger charge is -2.39. The Balaban J connectivity index is 1.49. The Bertz CT molecular complexity index is 1390. The molecule has 0 saturated heterocycles. The molecule has 5 atom stereocenters. The van der Waals surface area contributed by atoms with Crippen molar-refractivity contribution in [3.8, 4) is 0 Å². The zero-order chi connectivity index (χ0) is 20.3. The first-order chi connectivity index (χ1) is 15.3. The summed E-state index contributed by atoms with van der Waals surface area (Å²) in [6, 6.07) is 7.19. The summed E-state index contributed by atoms with van der Waals surface area (Å²) in [4.78, 5) is 0. The highest BCUT2D eigenvalue weighted by Crippen LogP contribution is 2.71. The van der Waals surface area contributed by atoms with Gasteiger partial charge in [0.2, 0.25) is 0 Å². The molecule has 1 aromatic rings. The van der Waals surface area contributed by atoms with Gasteiger partial charge in [0, 0.05) is 34.7 Å². The fourth-order valence-electron chi connectivity index (χ4n) is 7.98. The standard InChI is InChI=1S/C31H24/c1-18-13-15-26-24(17-18)21-9-4-5-11-25(21)31(26)27-12-6-10-22-19-7-2-3-8-20(19)23-14-16-28(31)30(23)29(22)27/h2-10,12-14,17,19-20,25-26H,11,15H2,1H3. The van der Waals surface area contributed by atoms with Gasteiger partial charge in [0.15, 0.2) is 0 Å². The number of allylic oxidation sites excluding steroid dienone is 15. The van der Waals surface area contributed by atoms with Gasteiger partial charge < -0.3 is 0 Å². The zero-order valence-electron chi connectivity index (χ0n) is 17.7. The highest BCUT2D eigenvalue weighted by atomic mass is 14.6. The molecule has 0 amide bonds. The van der Waals surface area contributed by atoms with Crippen LogP contribution >= 0.6 is 0 Å². The average Bonchev–Trinajstić information content (AvgIpc) is 3.45. The quantitative estimate of drug-likeness (QED) is 0.413. The van der Waals surface area contributed by atoms with Gasteiger partial charge in [-0.15, -0.1) is 5.73 Å². The highest BCUT2D eigenvalue weighted by Gasteiger charge is 2.63. The molecular weight excluding hydrogens is 372 g/mol. The maximum atomic E-state index is 3.90. The van der Waals surface area contributed by atoms with Crippen LogP contribution in [0.1, 0.15) is 42.4 Å². The van der Waals surface area contributed by atoms with Gasteiger partial charge in [0.1, 0.15) is 0 Å². The Hall–Kier alpha value is -3.08. The predicted octanol–water partition coefficient (Wildman–Crippen LogP) is 7.03. The van der Waals surface area contributed by atoms with Crippen LogP contribution in [-0.4, -0.2) is 0 Å². The summed E-state index contributed by atoms with van der Waals surface area (Å²) in [5.41, 5.74) is 17.7. The second kappa shape index (κ2) is 5.39. The van der Waals surface area contributed by atoms with Crippen molar-refractivity contribution in [2.45, 2.75) is 31.1 Å². The lowest BCUT2D eigenvalue weighted by atomic mass is 9.62. The van der Waals surface area contributed by atoms with Crippen molar-refractivity contribution in [3.63, 3.8) is 0 Å². The second-order valence-corrected chi connectivity index (χ2v) is 10.1. The predicted molar refractivity (Wildman–Crippen MR) is 126 cm³/mol. The van der Waals surface area contributed by atoms with Gasteiger partial charge in [-0.2, -0.15) is 0 Å². The Morgan fingerprint density at radius 3 is 2.77 bits per heavy atom. The first-order valence-corrected chi connectivity index (χ1v) is 11.8. The molecule has 148 valence electrons. The van der Waals surface area contributed by atoms with E-state index in [0.29, 0.717) is 23.7 Å². The molecule has 0 N–H and O–H groups in total. The fraction of sp³-hybridized carbons (Fsp3) is 0.258. The molecule has 0 heterocycles. The molecule has 1 aromatic carbocycles. The van der Waals surface area contributed by atoms with Crippen LogP contribution in [0.5, 0.6) is 0 Å². The summed E-state index contributed by atoms with van der Waals surface area (Å²) in [5, 5.41) is 0. The van der Waals surface area contributed by atoms with Gasteiger partial charge in [-0.25, -0.2) is 0 Å². The van der Waals surface area contributed by atoms with Crippen LogP contribution in [0.25, 0.3) is 5.57 Å². The van der Waals surface area contributed by atoms with Crippen molar-refractivity contribution in [1.29, 1.82) is 0 Å². The monoisotopic (exact) mass is 396 g/mol. The molecule has 5 unspecified atom stereocenters. The molecule has 1 fully saturated rings. The Labute approximate surface area is 183 Å². The van der Waals surface area contributed by atoms with E-state index in [1.807, 2.05) is 0 Å². The molecule has 1 spiro atoms. The van der Waals surface area contributed by atoms with Gasteiger partial charge >= 0.3 is 0 Å². The zero-order valence-corrected chi connectivity index (χ0v) is 17.7. The number of hydrogen-bond acceptors (Lipinski definition) is 0. The van der Waals surface area contributed by atoms with Crippen LogP contribution in [0.2, 0.25) is 0 Å². The molecule has 7 aliphatic rings. The van der Waals surface area contributed by atoms with Crippen molar-refractivity contribution in [3.05, 3.63) is 129 Å². The summed E-state index contributed by atoms with van der Waals surface area (Å²) in [7, 11) is 0. The van der Waals surface area contributed by atoms with Gasteiger partial charge in [-0.1, -0.05) is 78.5 Å². The van der Waals surface area contributed by atoms with Crippen molar-refractivity contribution in [2.24, 2.45) is 17.8 Å². The molecule has 8 rings (SSSR count). The minimum absolute atomic E-state index is 0.0273. The third kappa shape index (κ3) is 1.71. The molecule has 0 radical (unpaired) electrons. The van der Waals surface area contributed by atoms with Crippen LogP contribution in [0, 0.1) is 17.8 Å². The van der Waals surface area contributed by atoms with E-state index in [9.17, 15) is 0 Å². The van der Waals surface area contributed by atoms with Crippen LogP contribution in [0.15, 0.2) is 113 Å². The minimum atomic E-state index is 0.0273. The molecule has 1 saturated carbocycles. The Kier molecular flexibility index (Phi) is 2.89. The van der Waals surface area contributed by atoms with Crippen LogP contribution in [0.3, 0.4) is 0 Å². The van der Waals surface area contributed by atoms with Crippen LogP contribution in [-0.2, 0) is 5.41 Å². The Morgan fingerprint density at radius 2 is 1.84 bits per heavy atom. The highest BCUT2D eigenvalue weighted by molar-refractivity contribution is 5.99. The molecule has 31 heavy (non-hydrogen) atoms. The maximum absolute atomic E-state index is 3.90.